The fourth-order valence-electron chi connectivity index (χ4n) is 2.74. The number of hydrogen-bond donors (Lipinski definition) is 2. The van der Waals surface area contributed by atoms with E-state index in [4.69, 9.17) is 5.26 Å². The third-order valence-corrected chi connectivity index (χ3v) is 4.12. The smallest absolute Gasteiger partial charge is 0.322 e. The zero-order valence-corrected chi connectivity index (χ0v) is 14.5. The lowest BCUT2D eigenvalue weighted by Gasteiger charge is -2.29. The minimum Gasteiger partial charge on any atom is -0.346 e. The van der Waals surface area contributed by atoms with Crippen molar-refractivity contribution in [1.82, 2.24) is 20.2 Å². The molecule has 2 heterocycles. The van der Waals surface area contributed by atoms with Crippen molar-refractivity contribution < 1.29 is 22.8 Å². The Morgan fingerprint density at radius 2 is 2.11 bits per heavy atom. The highest BCUT2D eigenvalue weighted by molar-refractivity contribution is 5.94. The van der Waals surface area contributed by atoms with Crippen LogP contribution in [-0.4, -0.2) is 33.4 Å². The van der Waals surface area contributed by atoms with Crippen LogP contribution < -0.4 is 10.6 Å². The van der Waals surface area contributed by atoms with Crippen LogP contribution in [0.2, 0.25) is 0 Å². The standard InChI is InChI=1S/C17H13F3N6O2/c1-8(16-15(20)12(4-21)22-7-23-16)24-13(27)6-26-5-9-11(25-17(26)28)3-2-10(18)14(9)19/h2-3,7-8H,5-6H2,1H3,(H,24,27)(H,25,28)/t8-/m0/s1. The van der Waals surface area contributed by atoms with Gasteiger partial charge in [-0.05, 0) is 19.1 Å². The lowest BCUT2D eigenvalue weighted by Crippen LogP contribution is -2.45. The number of nitriles is 1. The van der Waals surface area contributed by atoms with E-state index >= 15 is 0 Å². The Bertz CT molecular complexity index is 1010. The van der Waals surface area contributed by atoms with Crippen molar-refractivity contribution >= 4 is 17.6 Å². The number of anilines is 1. The molecule has 0 aliphatic carbocycles. The fraction of sp³-hybridized carbons (Fsp3) is 0.235. The molecule has 0 radical (unpaired) electrons. The molecule has 0 fully saturated rings. The number of nitrogens with one attached hydrogen (secondary N) is 2. The number of carbonyl (C=O) groups excluding carboxylic acids is 2. The fourth-order valence-corrected chi connectivity index (χ4v) is 2.74. The van der Waals surface area contributed by atoms with E-state index in [1.165, 1.54) is 13.0 Å². The summed E-state index contributed by atoms with van der Waals surface area (Å²) >= 11 is 0. The molecule has 1 aromatic carbocycles. The third-order valence-electron chi connectivity index (χ3n) is 4.12. The molecule has 144 valence electrons. The van der Waals surface area contributed by atoms with Crippen LogP contribution in [0.4, 0.5) is 23.7 Å². The zero-order chi connectivity index (χ0) is 20.4. The van der Waals surface area contributed by atoms with Gasteiger partial charge in [0, 0.05) is 5.56 Å². The van der Waals surface area contributed by atoms with Gasteiger partial charge in [-0.3, -0.25) is 4.79 Å². The number of hydrogen-bond acceptors (Lipinski definition) is 5. The van der Waals surface area contributed by atoms with Crippen molar-refractivity contribution in [2.45, 2.75) is 19.5 Å². The SMILES string of the molecule is C[C@H](NC(=O)CN1Cc2c(ccc(F)c2F)NC1=O)c1ncnc(C#N)c1F. The third kappa shape index (κ3) is 3.57. The number of urea groups is 1. The van der Waals surface area contributed by atoms with Crippen LogP contribution in [0.3, 0.4) is 0 Å². The number of fused-ring (bicyclic) bond motifs is 1. The highest BCUT2D eigenvalue weighted by Gasteiger charge is 2.28. The van der Waals surface area contributed by atoms with Gasteiger partial charge in [-0.15, -0.1) is 0 Å². The molecule has 2 aromatic rings. The molecule has 1 aliphatic rings. The molecule has 1 aromatic heterocycles. The lowest BCUT2D eigenvalue weighted by atomic mass is 10.1. The van der Waals surface area contributed by atoms with E-state index in [1.54, 1.807) is 6.07 Å². The molecule has 0 saturated heterocycles. The van der Waals surface area contributed by atoms with E-state index in [1.807, 2.05) is 0 Å². The van der Waals surface area contributed by atoms with Crippen LogP contribution >= 0.6 is 0 Å². The number of nitrogens with zero attached hydrogens (tertiary/aromatic N) is 4. The molecule has 1 aliphatic heterocycles. The highest BCUT2D eigenvalue weighted by Crippen LogP contribution is 2.27. The number of carbonyl (C=O) groups is 2. The second-order valence-corrected chi connectivity index (χ2v) is 6.00. The Balaban J connectivity index is 1.71. The molecule has 0 spiro atoms. The first-order valence-electron chi connectivity index (χ1n) is 8.04. The predicted octanol–water partition coefficient (Wildman–Crippen LogP) is 1.99. The molecule has 3 amide bonds. The summed E-state index contributed by atoms with van der Waals surface area (Å²) in [6.45, 7) is 0.640. The van der Waals surface area contributed by atoms with Crippen LogP contribution in [0, 0.1) is 28.8 Å². The summed E-state index contributed by atoms with van der Waals surface area (Å²) in [5.74, 6) is -3.82. The minimum atomic E-state index is -1.11. The Morgan fingerprint density at radius 1 is 1.36 bits per heavy atom. The van der Waals surface area contributed by atoms with Crippen LogP contribution in [0.1, 0.15) is 29.9 Å². The number of halogens is 3. The van der Waals surface area contributed by atoms with Crippen molar-refractivity contribution in [1.29, 1.82) is 5.26 Å². The molecule has 28 heavy (non-hydrogen) atoms. The average Bonchev–Trinajstić information content (AvgIpc) is 2.66. The molecular formula is C17H13F3N6O2. The van der Waals surface area contributed by atoms with E-state index in [0.717, 1.165) is 17.3 Å². The van der Waals surface area contributed by atoms with Gasteiger partial charge in [0.1, 0.15) is 24.6 Å². The van der Waals surface area contributed by atoms with Gasteiger partial charge in [0.15, 0.2) is 23.1 Å². The molecule has 1 atom stereocenters. The Labute approximate surface area is 157 Å². The monoisotopic (exact) mass is 390 g/mol. The van der Waals surface area contributed by atoms with E-state index < -0.39 is 47.7 Å². The van der Waals surface area contributed by atoms with Crippen LogP contribution in [0.25, 0.3) is 0 Å². The summed E-state index contributed by atoms with van der Waals surface area (Å²) < 4.78 is 41.4. The molecular weight excluding hydrogens is 377 g/mol. The van der Waals surface area contributed by atoms with Crippen molar-refractivity contribution in [2.24, 2.45) is 0 Å². The summed E-state index contributed by atoms with van der Waals surface area (Å²) in [5, 5.41) is 13.6. The largest absolute Gasteiger partial charge is 0.346 e. The van der Waals surface area contributed by atoms with Crippen molar-refractivity contribution in [2.75, 3.05) is 11.9 Å². The second kappa shape index (κ2) is 7.51. The van der Waals surface area contributed by atoms with E-state index in [2.05, 4.69) is 20.6 Å². The van der Waals surface area contributed by atoms with Crippen LogP contribution in [-0.2, 0) is 11.3 Å². The maximum absolute atomic E-state index is 14.1. The van der Waals surface area contributed by atoms with E-state index in [0.29, 0.717) is 0 Å². The van der Waals surface area contributed by atoms with Crippen molar-refractivity contribution in [3.05, 3.63) is 52.9 Å². The Kier molecular flexibility index (Phi) is 5.12. The van der Waals surface area contributed by atoms with Crippen LogP contribution in [0.5, 0.6) is 0 Å². The molecule has 0 saturated carbocycles. The molecule has 11 heteroatoms. The maximum Gasteiger partial charge on any atom is 0.322 e. The van der Waals surface area contributed by atoms with E-state index in [9.17, 15) is 22.8 Å². The lowest BCUT2D eigenvalue weighted by molar-refractivity contribution is -0.122. The normalized spacial score (nSPS) is 14.0. The first-order valence-corrected chi connectivity index (χ1v) is 8.04. The Hall–Kier alpha value is -3.68. The molecule has 2 N–H and O–H groups in total. The van der Waals surface area contributed by atoms with Gasteiger partial charge in [-0.1, -0.05) is 0 Å². The minimum absolute atomic E-state index is 0.0824. The number of amides is 3. The quantitative estimate of drug-likeness (QED) is 0.830. The van der Waals surface area contributed by atoms with Crippen molar-refractivity contribution in [3.8, 4) is 6.07 Å². The van der Waals surface area contributed by atoms with Gasteiger partial charge in [-0.25, -0.2) is 27.9 Å². The highest BCUT2D eigenvalue weighted by atomic mass is 19.2. The first kappa shape index (κ1) is 19.1. The maximum atomic E-state index is 14.1. The zero-order valence-electron chi connectivity index (χ0n) is 14.5. The number of rotatable bonds is 4. The number of benzene rings is 1. The van der Waals surface area contributed by atoms with Gasteiger partial charge in [-0.2, -0.15) is 5.26 Å². The van der Waals surface area contributed by atoms with Gasteiger partial charge in [0.05, 0.1) is 18.3 Å². The predicted molar refractivity (Wildman–Crippen MR) is 89.0 cm³/mol. The summed E-state index contributed by atoms with van der Waals surface area (Å²) in [7, 11) is 0. The van der Waals surface area contributed by atoms with Gasteiger partial charge in [0.2, 0.25) is 5.91 Å². The molecule has 3 rings (SSSR count). The van der Waals surface area contributed by atoms with Crippen molar-refractivity contribution in [3.63, 3.8) is 0 Å². The van der Waals surface area contributed by atoms with Gasteiger partial charge >= 0.3 is 6.03 Å². The average molecular weight is 390 g/mol. The summed E-state index contributed by atoms with van der Waals surface area (Å²) in [6.07, 6.45) is 0.992. The first-order chi connectivity index (χ1) is 13.3. The molecule has 0 unspecified atom stereocenters. The van der Waals surface area contributed by atoms with Gasteiger partial charge < -0.3 is 15.5 Å². The summed E-state index contributed by atoms with van der Waals surface area (Å²) in [6, 6.07) is 2.11. The van der Waals surface area contributed by atoms with Gasteiger partial charge in [0.25, 0.3) is 0 Å². The van der Waals surface area contributed by atoms with E-state index in [-0.39, 0.29) is 23.5 Å². The summed E-state index contributed by atoms with van der Waals surface area (Å²) in [5.41, 5.74) is -0.612. The topological polar surface area (TPSA) is 111 Å². The van der Waals surface area contributed by atoms with Crippen LogP contribution in [0.15, 0.2) is 18.5 Å². The second-order valence-electron chi connectivity index (χ2n) is 6.00. The number of aromatic nitrogens is 2. The summed E-state index contributed by atoms with van der Waals surface area (Å²) in [4.78, 5) is 32.5. The Morgan fingerprint density at radius 3 is 2.82 bits per heavy atom. The molecule has 0 bridgehead atoms. The molecule has 8 nitrogen and oxygen atoms in total.